The highest BCUT2D eigenvalue weighted by Gasteiger charge is 2.30. The van der Waals surface area contributed by atoms with Crippen LogP contribution in [0.1, 0.15) is 28.8 Å². The van der Waals surface area contributed by atoms with E-state index in [9.17, 15) is 4.79 Å². The van der Waals surface area contributed by atoms with Gasteiger partial charge >= 0.3 is 0 Å². The number of nitrogens with two attached hydrogens (primary N) is 1. The Morgan fingerprint density at radius 2 is 1.55 bits per heavy atom. The third-order valence-corrected chi connectivity index (χ3v) is 5.44. The van der Waals surface area contributed by atoms with Crippen LogP contribution < -0.4 is 15.5 Å². The molecule has 1 heterocycles. The Morgan fingerprint density at radius 3 is 2.34 bits per heavy atom. The summed E-state index contributed by atoms with van der Waals surface area (Å²) in [4.78, 5) is 17.7. The fourth-order valence-corrected chi connectivity index (χ4v) is 3.96. The van der Waals surface area contributed by atoms with E-state index in [1.807, 2.05) is 77.7 Å². The van der Waals surface area contributed by atoms with Crippen LogP contribution in [0.3, 0.4) is 0 Å². The second-order valence-corrected chi connectivity index (χ2v) is 7.61. The van der Waals surface area contributed by atoms with Gasteiger partial charge in [0.2, 0.25) is 0 Å². The molecule has 0 fully saturated rings. The Morgan fingerprint density at radius 1 is 0.793 bits per heavy atom. The van der Waals surface area contributed by atoms with E-state index in [1.54, 1.807) is 0 Å². The summed E-state index contributed by atoms with van der Waals surface area (Å²) in [5, 5.41) is 0.652. The van der Waals surface area contributed by atoms with Crippen molar-refractivity contribution in [1.29, 1.82) is 0 Å². The molecule has 2 N–H and O–H groups in total. The topological polar surface area (TPSA) is 49.6 Å². The van der Waals surface area contributed by atoms with Gasteiger partial charge in [0.1, 0.15) is 0 Å². The molecule has 1 aliphatic heterocycles. The van der Waals surface area contributed by atoms with Crippen LogP contribution in [0.2, 0.25) is 5.02 Å². The second kappa shape index (κ2) is 8.68. The molecule has 3 aromatic rings. The van der Waals surface area contributed by atoms with Crippen molar-refractivity contribution >= 4 is 34.6 Å². The van der Waals surface area contributed by atoms with Crippen LogP contribution in [-0.4, -0.2) is 19.0 Å². The maximum Gasteiger partial charge on any atom is 0.260 e. The zero-order valence-corrected chi connectivity index (χ0v) is 17.0. The summed E-state index contributed by atoms with van der Waals surface area (Å²) in [6, 6.07) is 23.6. The Bertz CT molecular complexity index is 1010. The molecule has 1 aliphatic rings. The number of rotatable bonds is 6. The Labute approximate surface area is 176 Å². The van der Waals surface area contributed by atoms with Gasteiger partial charge in [-0.15, -0.1) is 0 Å². The third-order valence-electron chi connectivity index (χ3n) is 5.21. The number of carbonyl (C=O) groups is 1. The number of nitrogens with zero attached hydrogens (tertiary/aromatic N) is 2. The standard InChI is InChI=1S/C24H24ClN3O/c25-19-12-13-22-23(16-19)27(15-7-6-14-26)21-11-5-4-10-20(21)24(29)28(22)17-18-8-2-1-3-9-18/h1-5,8-13,16H,6-7,14-15,17,26H2. The maximum absolute atomic E-state index is 13.6. The van der Waals surface area contributed by atoms with Gasteiger partial charge in [0, 0.05) is 11.6 Å². The van der Waals surface area contributed by atoms with Gasteiger partial charge in [-0.3, -0.25) is 4.79 Å². The minimum Gasteiger partial charge on any atom is -0.339 e. The molecule has 148 valence electrons. The number of unbranched alkanes of at least 4 members (excludes halogenated alkanes) is 1. The summed E-state index contributed by atoms with van der Waals surface area (Å²) in [6.07, 6.45) is 1.86. The monoisotopic (exact) mass is 405 g/mol. The van der Waals surface area contributed by atoms with Gasteiger partial charge in [0.05, 0.1) is 29.2 Å². The quantitative estimate of drug-likeness (QED) is 0.560. The van der Waals surface area contributed by atoms with E-state index in [4.69, 9.17) is 17.3 Å². The molecule has 5 heteroatoms. The van der Waals surface area contributed by atoms with Crippen molar-refractivity contribution in [1.82, 2.24) is 0 Å². The minimum absolute atomic E-state index is 0.00523. The van der Waals surface area contributed by atoms with Gasteiger partial charge in [0.25, 0.3) is 5.91 Å². The summed E-state index contributed by atoms with van der Waals surface area (Å²) < 4.78 is 0. The van der Waals surface area contributed by atoms with Crippen LogP contribution in [0.15, 0.2) is 72.8 Å². The van der Waals surface area contributed by atoms with Gasteiger partial charge in [-0.25, -0.2) is 0 Å². The normalized spacial score (nSPS) is 13.1. The van der Waals surface area contributed by atoms with Gasteiger partial charge in [-0.2, -0.15) is 0 Å². The molecule has 1 amide bonds. The number of fused-ring (bicyclic) bond motifs is 2. The largest absolute Gasteiger partial charge is 0.339 e. The van der Waals surface area contributed by atoms with Crippen LogP contribution in [0.25, 0.3) is 0 Å². The van der Waals surface area contributed by atoms with Crippen molar-refractivity contribution in [2.45, 2.75) is 19.4 Å². The van der Waals surface area contributed by atoms with E-state index in [0.717, 1.165) is 42.0 Å². The summed E-state index contributed by atoms with van der Waals surface area (Å²) >= 11 is 6.38. The molecule has 4 nitrogen and oxygen atoms in total. The molecule has 0 unspecified atom stereocenters. The fraction of sp³-hybridized carbons (Fsp3) is 0.208. The second-order valence-electron chi connectivity index (χ2n) is 7.17. The highest BCUT2D eigenvalue weighted by molar-refractivity contribution is 6.31. The van der Waals surface area contributed by atoms with Crippen molar-refractivity contribution in [3.63, 3.8) is 0 Å². The van der Waals surface area contributed by atoms with Crippen LogP contribution in [0, 0.1) is 0 Å². The van der Waals surface area contributed by atoms with Gasteiger partial charge in [0.15, 0.2) is 0 Å². The number of hydrogen-bond donors (Lipinski definition) is 1. The molecule has 0 radical (unpaired) electrons. The first kappa shape index (κ1) is 19.5. The molecular formula is C24H24ClN3O. The minimum atomic E-state index is -0.00523. The molecule has 0 aromatic heterocycles. The lowest BCUT2D eigenvalue weighted by Gasteiger charge is -2.28. The predicted molar refractivity (Wildman–Crippen MR) is 120 cm³/mol. The first-order valence-corrected chi connectivity index (χ1v) is 10.3. The van der Waals surface area contributed by atoms with Crippen LogP contribution in [-0.2, 0) is 6.54 Å². The van der Waals surface area contributed by atoms with E-state index in [1.165, 1.54) is 0 Å². The lowest BCUT2D eigenvalue weighted by atomic mass is 10.1. The Hall–Kier alpha value is -2.82. The average Bonchev–Trinajstić information content (AvgIpc) is 2.84. The molecule has 0 aliphatic carbocycles. The lowest BCUT2D eigenvalue weighted by molar-refractivity contribution is 0.0986. The SMILES string of the molecule is NCCCCN1c2ccccc2C(=O)N(Cc2ccccc2)c2ccc(Cl)cc21. The van der Waals surface area contributed by atoms with Gasteiger partial charge < -0.3 is 15.5 Å². The molecule has 0 atom stereocenters. The first-order valence-electron chi connectivity index (χ1n) is 9.91. The number of carbonyl (C=O) groups excluding carboxylic acids is 1. The summed E-state index contributed by atoms with van der Waals surface area (Å²) in [6.45, 7) is 1.92. The van der Waals surface area contributed by atoms with E-state index in [-0.39, 0.29) is 5.91 Å². The molecule has 3 aromatic carbocycles. The summed E-state index contributed by atoms with van der Waals surface area (Å²) in [7, 11) is 0. The zero-order valence-electron chi connectivity index (χ0n) is 16.2. The van der Waals surface area contributed by atoms with Crippen LogP contribution in [0.5, 0.6) is 0 Å². The summed E-state index contributed by atoms with van der Waals surface area (Å²) in [5.41, 5.74) is 10.2. The van der Waals surface area contributed by atoms with Gasteiger partial charge in [-0.05, 0) is 55.3 Å². The number of anilines is 3. The van der Waals surface area contributed by atoms with Gasteiger partial charge in [-0.1, -0.05) is 54.1 Å². The maximum atomic E-state index is 13.6. The van der Waals surface area contributed by atoms with Crippen molar-refractivity contribution in [3.8, 4) is 0 Å². The van der Waals surface area contributed by atoms with Crippen LogP contribution >= 0.6 is 11.6 Å². The van der Waals surface area contributed by atoms with Crippen molar-refractivity contribution in [2.75, 3.05) is 22.9 Å². The predicted octanol–water partition coefficient (Wildman–Crippen LogP) is 5.38. The molecule has 0 spiro atoms. The number of para-hydroxylation sites is 1. The first-order chi connectivity index (χ1) is 14.2. The Kier molecular flexibility index (Phi) is 5.84. The number of benzene rings is 3. The number of hydrogen-bond acceptors (Lipinski definition) is 3. The molecule has 0 saturated carbocycles. The van der Waals surface area contributed by atoms with Crippen molar-refractivity contribution in [3.05, 3.63) is 88.9 Å². The highest BCUT2D eigenvalue weighted by atomic mass is 35.5. The molecular weight excluding hydrogens is 382 g/mol. The smallest absolute Gasteiger partial charge is 0.260 e. The summed E-state index contributed by atoms with van der Waals surface area (Å²) in [5.74, 6) is -0.00523. The van der Waals surface area contributed by atoms with E-state index >= 15 is 0 Å². The Balaban J connectivity index is 1.86. The number of amides is 1. The van der Waals surface area contributed by atoms with E-state index < -0.39 is 0 Å². The fourth-order valence-electron chi connectivity index (χ4n) is 3.79. The molecule has 4 rings (SSSR count). The van der Waals surface area contributed by atoms with Crippen molar-refractivity contribution in [2.24, 2.45) is 5.73 Å². The molecule has 0 saturated heterocycles. The molecule has 29 heavy (non-hydrogen) atoms. The van der Waals surface area contributed by atoms with Crippen LogP contribution in [0.4, 0.5) is 17.1 Å². The third kappa shape index (κ3) is 4.00. The van der Waals surface area contributed by atoms with Crippen molar-refractivity contribution < 1.29 is 4.79 Å². The van der Waals surface area contributed by atoms with E-state index in [2.05, 4.69) is 4.90 Å². The average molecular weight is 406 g/mol. The highest BCUT2D eigenvalue weighted by Crippen LogP contribution is 2.42. The lowest BCUT2D eigenvalue weighted by Crippen LogP contribution is -2.29. The van der Waals surface area contributed by atoms with E-state index in [0.29, 0.717) is 23.7 Å². The number of halogens is 1. The zero-order chi connectivity index (χ0) is 20.2. The molecule has 0 bridgehead atoms.